The van der Waals surface area contributed by atoms with Crippen molar-refractivity contribution in [3.05, 3.63) is 29.8 Å². The highest BCUT2D eigenvalue weighted by molar-refractivity contribution is 5.31. The minimum Gasteiger partial charge on any atom is -0.494 e. The van der Waals surface area contributed by atoms with Gasteiger partial charge in [0.15, 0.2) is 0 Å². The maximum Gasteiger partial charge on any atom is 0.119 e. The van der Waals surface area contributed by atoms with Gasteiger partial charge < -0.3 is 10.5 Å². The van der Waals surface area contributed by atoms with Crippen molar-refractivity contribution in [3.8, 4) is 5.75 Å². The summed E-state index contributed by atoms with van der Waals surface area (Å²) in [7, 11) is 2.20. The summed E-state index contributed by atoms with van der Waals surface area (Å²) in [6, 6.07) is 8.96. The molecule has 0 spiro atoms. The van der Waals surface area contributed by atoms with E-state index in [4.69, 9.17) is 10.5 Å². The quantitative estimate of drug-likeness (QED) is 0.887. The molecule has 0 saturated carbocycles. The van der Waals surface area contributed by atoms with E-state index in [0.29, 0.717) is 12.0 Å². The second-order valence-corrected chi connectivity index (χ2v) is 5.48. The average molecular weight is 262 g/mol. The highest BCUT2D eigenvalue weighted by Crippen LogP contribution is 2.35. The van der Waals surface area contributed by atoms with Crippen LogP contribution >= 0.6 is 0 Å². The van der Waals surface area contributed by atoms with E-state index in [0.717, 1.165) is 31.9 Å². The Labute approximate surface area is 116 Å². The van der Waals surface area contributed by atoms with Gasteiger partial charge in [-0.1, -0.05) is 19.1 Å². The maximum atomic E-state index is 5.95. The van der Waals surface area contributed by atoms with Crippen molar-refractivity contribution >= 4 is 0 Å². The molecule has 3 nitrogen and oxygen atoms in total. The summed E-state index contributed by atoms with van der Waals surface area (Å²) < 4.78 is 5.74. The number of benzene rings is 1. The summed E-state index contributed by atoms with van der Waals surface area (Å²) in [5.41, 5.74) is 7.29. The monoisotopic (exact) mass is 262 g/mol. The Hall–Kier alpha value is -1.06. The molecule has 0 radical (unpaired) electrons. The molecule has 1 aromatic rings. The van der Waals surface area contributed by atoms with Gasteiger partial charge in [-0.2, -0.15) is 0 Å². The van der Waals surface area contributed by atoms with Crippen LogP contribution in [0.15, 0.2) is 24.3 Å². The molecule has 2 atom stereocenters. The Balaban J connectivity index is 2.18. The van der Waals surface area contributed by atoms with Crippen LogP contribution in [0.25, 0.3) is 0 Å². The molecule has 1 aliphatic heterocycles. The molecule has 0 bridgehead atoms. The van der Waals surface area contributed by atoms with Gasteiger partial charge in [-0.15, -0.1) is 0 Å². The predicted octanol–water partition coefficient (Wildman–Crippen LogP) is 2.82. The van der Waals surface area contributed by atoms with Gasteiger partial charge in [0.1, 0.15) is 5.75 Å². The Morgan fingerprint density at radius 2 is 2.26 bits per heavy atom. The van der Waals surface area contributed by atoms with Crippen molar-refractivity contribution in [3.63, 3.8) is 0 Å². The smallest absolute Gasteiger partial charge is 0.119 e. The summed E-state index contributed by atoms with van der Waals surface area (Å²) >= 11 is 0. The van der Waals surface area contributed by atoms with Crippen molar-refractivity contribution in [1.82, 2.24) is 4.90 Å². The molecule has 19 heavy (non-hydrogen) atoms. The standard InChI is InChI=1S/C16H26N2O/c1-3-10-19-15-8-4-6-13(11-15)16-14(12-17)7-5-9-18(16)2/h4,6,8,11,14,16H,3,5,7,9-10,12,17H2,1-2H3. The maximum absolute atomic E-state index is 5.95. The minimum absolute atomic E-state index is 0.434. The van der Waals surface area contributed by atoms with E-state index in [2.05, 4.69) is 37.1 Å². The molecule has 0 aromatic heterocycles. The Bertz CT molecular complexity index is 394. The molecule has 1 aromatic carbocycles. The lowest BCUT2D eigenvalue weighted by atomic mass is 9.85. The van der Waals surface area contributed by atoms with Crippen LogP contribution in [0.5, 0.6) is 5.75 Å². The molecule has 0 aliphatic carbocycles. The molecule has 1 saturated heterocycles. The summed E-state index contributed by atoms with van der Waals surface area (Å²) in [5.74, 6) is 1.54. The predicted molar refractivity (Wildman–Crippen MR) is 79.4 cm³/mol. The number of piperidine rings is 1. The number of ether oxygens (including phenoxy) is 1. The van der Waals surface area contributed by atoms with Gasteiger partial charge in [0.25, 0.3) is 0 Å². The van der Waals surface area contributed by atoms with E-state index in [1.165, 1.54) is 18.4 Å². The summed E-state index contributed by atoms with van der Waals surface area (Å²) in [5, 5.41) is 0. The highest BCUT2D eigenvalue weighted by atomic mass is 16.5. The highest BCUT2D eigenvalue weighted by Gasteiger charge is 2.29. The fourth-order valence-corrected chi connectivity index (χ4v) is 3.04. The topological polar surface area (TPSA) is 38.5 Å². The molecule has 2 unspecified atom stereocenters. The first-order valence-electron chi connectivity index (χ1n) is 7.39. The van der Waals surface area contributed by atoms with Crippen LogP contribution < -0.4 is 10.5 Å². The molecule has 106 valence electrons. The second kappa shape index (κ2) is 6.92. The van der Waals surface area contributed by atoms with Gasteiger partial charge in [-0.3, -0.25) is 4.90 Å². The SMILES string of the molecule is CCCOc1cccc(C2C(CN)CCCN2C)c1. The number of nitrogens with two attached hydrogens (primary N) is 1. The summed E-state index contributed by atoms with van der Waals surface area (Å²) in [6.45, 7) is 4.82. The third-order valence-corrected chi connectivity index (χ3v) is 3.98. The van der Waals surface area contributed by atoms with Crippen LogP contribution in [0.3, 0.4) is 0 Å². The largest absolute Gasteiger partial charge is 0.494 e. The van der Waals surface area contributed by atoms with Crippen molar-refractivity contribution in [1.29, 1.82) is 0 Å². The first-order chi connectivity index (χ1) is 9.26. The van der Waals surface area contributed by atoms with Gasteiger partial charge >= 0.3 is 0 Å². The third kappa shape index (κ3) is 3.48. The van der Waals surface area contributed by atoms with Gasteiger partial charge in [0.05, 0.1) is 6.61 Å². The first-order valence-corrected chi connectivity index (χ1v) is 7.39. The van der Waals surface area contributed by atoms with E-state index in [9.17, 15) is 0 Å². The van der Waals surface area contributed by atoms with E-state index in [-0.39, 0.29) is 0 Å². The fraction of sp³-hybridized carbons (Fsp3) is 0.625. The lowest BCUT2D eigenvalue weighted by molar-refractivity contribution is 0.125. The average Bonchev–Trinajstić information content (AvgIpc) is 2.45. The fourth-order valence-electron chi connectivity index (χ4n) is 3.04. The van der Waals surface area contributed by atoms with E-state index in [1.54, 1.807) is 0 Å². The number of hydrogen-bond acceptors (Lipinski definition) is 3. The second-order valence-electron chi connectivity index (χ2n) is 5.48. The van der Waals surface area contributed by atoms with Gasteiger partial charge in [-0.05, 0) is 63.0 Å². The van der Waals surface area contributed by atoms with Crippen molar-refractivity contribution in [2.24, 2.45) is 11.7 Å². The van der Waals surface area contributed by atoms with E-state index < -0.39 is 0 Å². The van der Waals surface area contributed by atoms with Crippen LogP contribution in [0.4, 0.5) is 0 Å². The number of rotatable bonds is 5. The molecular formula is C16H26N2O. The first kappa shape index (κ1) is 14.4. The van der Waals surface area contributed by atoms with E-state index in [1.807, 2.05) is 6.07 Å². The zero-order valence-corrected chi connectivity index (χ0v) is 12.1. The van der Waals surface area contributed by atoms with E-state index >= 15 is 0 Å². The molecule has 1 fully saturated rings. The van der Waals surface area contributed by atoms with Crippen LogP contribution in [0, 0.1) is 5.92 Å². The third-order valence-electron chi connectivity index (χ3n) is 3.98. The molecule has 2 N–H and O–H groups in total. The van der Waals surface area contributed by atoms with Gasteiger partial charge in [0.2, 0.25) is 0 Å². The molecule has 0 amide bonds. The Morgan fingerprint density at radius 1 is 1.42 bits per heavy atom. The Morgan fingerprint density at radius 3 is 3.00 bits per heavy atom. The number of hydrogen-bond donors (Lipinski definition) is 1. The molecule has 1 heterocycles. The molecular weight excluding hydrogens is 236 g/mol. The molecule has 1 aliphatic rings. The Kier molecular flexibility index (Phi) is 5.23. The normalized spacial score (nSPS) is 24.4. The summed E-state index contributed by atoms with van der Waals surface area (Å²) in [4.78, 5) is 2.43. The number of likely N-dealkylation sites (tertiary alicyclic amines) is 1. The van der Waals surface area contributed by atoms with Crippen LogP contribution in [-0.2, 0) is 0 Å². The van der Waals surface area contributed by atoms with Crippen LogP contribution in [-0.4, -0.2) is 31.6 Å². The van der Waals surface area contributed by atoms with Crippen molar-refractivity contribution in [2.75, 3.05) is 26.7 Å². The van der Waals surface area contributed by atoms with Crippen molar-refractivity contribution in [2.45, 2.75) is 32.2 Å². The summed E-state index contributed by atoms with van der Waals surface area (Å²) in [6.07, 6.45) is 3.52. The minimum atomic E-state index is 0.434. The van der Waals surface area contributed by atoms with Crippen LogP contribution in [0.2, 0.25) is 0 Å². The van der Waals surface area contributed by atoms with Gasteiger partial charge in [-0.25, -0.2) is 0 Å². The lowest BCUT2D eigenvalue weighted by Gasteiger charge is -2.39. The molecule has 2 rings (SSSR count). The zero-order valence-electron chi connectivity index (χ0n) is 12.1. The molecule has 3 heteroatoms. The number of nitrogens with zero attached hydrogens (tertiary/aromatic N) is 1. The van der Waals surface area contributed by atoms with Crippen LogP contribution in [0.1, 0.15) is 37.8 Å². The van der Waals surface area contributed by atoms with Crippen molar-refractivity contribution < 1.29 is 4.74 Å². The zero-order chi connectivity index (χ0) is 13.7. The van der Waals surface area contributed by atoms with Gasteiger partial charge in [0, 0.05) is 6.04 Å². The lowest BCUT2D eigenvalue weighted by Crippen LogP contribution is -2.39.